The van der Waals surface area contributed by atoms with Gasteiger partial charge in [0.15, 0.2) is 0 Å². The molecule has 0 saturated heterocycles. The normalized spacial score (nSPS) is 11.5. The average molecular weight is 188 g/mol. The zero-order valence-corrected chi connectivity index (χ0v) is 7.36. The van der Waals surface area contributed by atoms with E-state index in [0.717, 1.165) is 0 Å². The van der Waals surface area contributed by atoms with Crippen LogP contribution in [-0.4, -0.2) is 29.8 Å². The molecule has 0 aromatic rings. The minimum atomic E-state index is -1.21. The summed E-state index contributed by atoms with van der Waals surface area (Å²) in [5.74, 6) is -1.98. The summed E-state index contributed by atoms with van der Waals surface area (Å²) in [6.45, 7) is 5.08. The molecule has 74 valence electrons. The van der Waals surface area contributed by atoms with E-state index < -0.39 is 24.5 Å². The molecule has 5 nitrogen and oxygen atoms in total. The molecule has 1 atom stereocenters. The molecular weight excluding hydrogens is 176 g/mol. The van der Waals surface area contributed by atoms with Gasteiger partial charge in [-0.1, -0.05) is 6.58 Å². The maximum Gasteiger partial charge on any atom is 0.317 e. The Morgan fingerprint density at radius 1 is 1.62 bits per heavy atom. The van der Waals surface area contributed by atoms with Gasteiger partial charge in [0.1, 0.15) is 19.1 Å². The lowest BCUT2D eigenvalue weighted by molar-refractivity contribution is -0.155. The third-order valence-corrected chi connectivity index (χ3v) is 1.08. The molecule has 0 aromatic heterocycles. The van der Waals surface area contributed by atoms with Crippen LogP contribution >= 0.6 is 0 Å². The number of aliphatic carboxylic acids is 1. The van der Waals surface area contributed by atoms with E-state index in [9.17, 15) is 9.59 Å². The molecule has 13 heavy (non-hydrogen) atoms. The van der Waals surface area contributed by atoms with Crippen molar-refractivity contribution in [3.8, 4) is 0 Å². The van der Waals surface area contributed by atoms with E-state index in [4.69, 9.17) is 9.84 Å². The Kier molecular flexibility index (Phi) is 5.34. The van der Waals surface area contributed by atoms with Gasteiger partial charge in [-0.25, -0.2) is 0 Å². The van der Waals surface area contributed by atoms with E-state index >= 15 is 0 Å². The van der Waals surface area contributed by atoms with Gasteiger partial charge in [-0.15, -0.1) is 0 Å². The molecular formula is C8H12O5. The van der Waals surface area contributed by atoms with Crippen molar-refractivity contribution >= 4 is 11.9 Å². The highest BCUT2D eigenvalue weighted by molar-refractivity contribution is 5.90. The second-order valence-corrected chi connectivity index (χ2v) is 2.37. The van der Waals surface area contributed by atoms with Crippen molar-refractivity contribution in [2.24, 2.45) is 0 Å². The summed E-state index contributed by atoms with van der Waals surface area (Å²) in [6.07, 6.45) is 0.129. The number of carboxylic acids is 1. The zero-order chi connectivity index (χ0) is 10.3. The molecule has 1 N–H and O–H groups in total. The zero-order valence-electron chi connectivity index (χ0n) is 7.36. The average Bonchev–Trinajstić information content (AvgIpc) is 1.98. The predicted molar refractivity (Wildman–Crippen MR) is 44.0 cm³/mol. The fraction of sp³-hybridized carbons (Fsp3) is 0.500. The first-order valence-electron chi connectivity index (χ1n) is 3.70. The van der Waals surface area contributed by atoms with Crippen LogP contribution in [0.4, 0.5) is 0 Å². The summed E-state index contributed by atoms with van der Waals surface area (Å²) in [7, 11) is 0. The molecule has 0 saturated carbocycles. The van der Waals surface area contributed by atoms with Crippen molar-refractivity contribution in [2.75, 3.05) is 6.61 Å². The van der Waals surface area contributed by atoms with Crippen LogP contribution in [0.5, 0.6) is 0 Å². The van der Waals surface area contributed by atoms with Crippen LogP contribution in [0.2, 0.25) is 0 Å². The molecule has 0 aliphatic heterocycles. The monoisotopic (exact) mass is 188 g/mol. The Labute approximate surface area is 75.9 Å². The lowest BCUT2D eigenvalue weighted by Gasteiger charge is -2.11. The fourth-order valence-electron chi connectivity index (χ4n) is 0.627. The minimum absolute atomic E-state index is 0.175. The van der Waals surface area contributed by atoms with Gasteiger partial charge in [-0.05, 0) is 6.92 Å². The first-order valence-corrected chi connectivity index (χ1v) is 3.70. The van der Waals surface area contributed by atoms with E-state index in [-0.39, 0.29) is 6.61 Å². The van der Waals surface area contributed by atoms with Crippen LogP contribution in [0, 0.1) is 0 Å². The predicted octanol–water partition coefficient (Wildman–Crippen LogP) is 0.553. The van der Waals surface area contributed by atoms with Gasteiger partial charge in [-0.3, -0.25) is 9.59 Å². The molecule has 5 heteroatoms. The molecule has 0 amide bonds. The van der Waals surface area contributed by atoms with Crippen molar-refractivity contribution in [3.05, 3.63) is 12.8 Å². The van der Waals surface area contributed by atoms with E-state index in [0.29, 0.717) is 0 Å². The van der Waals surface area contributed by atoms with E-state index in [1.165, 1.54) is 6.26 Å². The fourth-order valence-corrected chi connectivity index (χ4v) is 0.627. The highest BCUT2D eigenvalue weighted by Gasteiger charge is 2.12. The Morgan fingerprint density at radius 2 is 2.23 bits per heavy atom. The second-order valence-electron chi connectivity index (χ2n) is 2.37. The minimum Gasteiger partial charge on any atom is -0.498 e. The first kappa shape index (κ1) is 11.5. The van der Waals surface area contributed by atoms with Gasteiger partial charge in [-0.2, -0.15) is 0 Å². The maximum atomic E-state index is 10.7. The topological polar surface area (TPSA) is 72.8 Å². The van der Waals surface area contributed by atoms with Crippen molar-refractivity contribution in [3.63, 3.8) is 0 Å². The highest BCUT2D eigenvalue weighted by Crippen LogP contribution is 1.95. The SMILES string of the molecule is C=COCC(C)OC(=O)CC(=O)O. The Bertz CT molecular complexity index is 199. The summed E-state index contributed by atoms with van der Waals surface area (Å²) in [6, 6.07) is 0. The van der Waals surface area contributed by atoms with Crippen LogP contribution < -0.4 is 0 Å². The van der Waals surface area contributed by atoms with Gasteiger partial charge in [0.05, 0.1) is 6.26 Å². The maximum absolute atomic E-state index is 10.7. The lowest BCUT2D eigenvalue weighted by atomic mass is 10.4. The number of esters is 1. The number of carboxylic acid groups (broad SMARTS) is 1. The first-order chi connectivity index (χ1) is 6.06. The summed E-state index contributed by atoms with van der Waals surface area (Å²) in [5, 5.41) is 8.22. The molecule has 0 heterocycles. The quantitative estimate of drug-likeness (QED) is 0.374. The molecule has 0 aliphatic carbocycles. The molecule has 0 rings (SSSR count). The van der Waals surface area contributed by atoms with Crippen molar-refractivity contribution in [2.45, 2.75) is 19.4 Å². The second kappa shape index (κ2) is 6.05. The standard InChI is InChI=1S/C8H12O5/c1-3-12-5-6(2)13-8(11)4-7(9)10/h3,6H,1,4-5H2,2H3,(H,9,10). The third kappa shape index (κ3) is 6.86. The van der Waals surface area contributed by atoms with Crippen LogP contribution in [0.15, 0.2) is 12.8 Å². The Balaban J connectivity index is 3.64. The van der Waals surface area contributed by atoms with Gasteiger partial charge in [0, 0.05) is 0 Å². The number of ether oxygens (including phenoxy) is 2. The molecule has 0 bridgehead atoms. The van der Waals surface area contributed by atoms with Gasteiger partial charge < -0.3 is 14.6 Å². The van der Waals surface area contributed by atoms with Gasteiger partial charge in [0.2, 0.25) is 0 Å². The van der Waals surface area contributed by atoms with E-state index in [1.807, 2.05) is 0 Å². The van der Waals surface area contributed by atoms with Crippen molar-refractivity contribution in [1.29, 1.82) is 0 Å². The molecule has 0 radical (unpaired) electrons. The molecule has 0 aliphatic rings. The van der Waals surface area contributed by atoms with Crippen molar-refractivity contribution < 1.29 is 24.2 Å². The van der Waals surface area contributed by atoms with Crippen molar-refractivity contribution in [1.82, 2.24) is 0 Å². The molecule has 0 aromatic carbocycles. The number of carbonyl (C=O) groups is 2. The number of hydrogen-bond acceptors (Lipinski definition) is 4. The number of rotatable bonds is 6. The largest absolute Gasteiger partial charge is 0.498 e. The third-order valence-electron chi connectivity index (χ3n) is 1.08. The summed E-state index contributed by atoms with van der Waals surface area (Å²) >= 11 is 0. The van der Waals surface area contributed by atoms with E-state index in [2.05, 4.69) is 11.3 Å². The Hall–Kier alpha value is -1.52. The van der Waals surface area contributed by atoms with Gasteiger partial charge in [0.25, 0.3) is 0 Å². The van der Waals surface area contributed by atoms with E-state index in [1.54, 1.807) is 6.92 Å². The lowest BCUT2D eigenvalue weighted by Crippen LogP contribution is -2.21. The van der Waals surface area contributed by atoms with Crippen LogP contribution in [0.1, 0.15) is 13.3 Å². The summed E-state index contributed by atoms with van der Waals surface area (Å²) in [4.78, 5) is 20.8. The number of carbonyl (C=O) groups excluding carboxylic acids is 1. The molecule has 0 spiro atoms. The smallest absolute Gasteiger partial charge is 0.317 e. The molecule has 1 unspecified atom stereocenters. The number of hydrogen-bond donors (Lipinski definition) is 1. The summed E-state index contributed by atoms with van der Waals surface area (Å²) < 4.78 is 9.41. The van der Waals surface area contributed by atoms with Gasteiger partial charge >= 0.3 is 11.9 Å². The highest BCUT2D eigenvalue weighted by atomic mass is 16.6. The Morgan fingerprint density at radius 3 is 2.69 bits per heavy atom. The van der Waals surface area contributed by atoms with Crippen LogP contribution in [0.3, 0.4) is 0 Å². The van der Waals surface area contributed by atoms with Crippen LogP contribution in [-0.2, 0) is 19.1 Å². The summed E-state index contributed by atoms with van der Waals surface area (Å²) in [5.41, 5.74) is 0. The van der Waals surface area contributed by atoms with Crippen LogP contribution in [0.25, 0.3) is 0 Å². The molecule has 0 fully saturated rings.